The van der Waals surface area contributed by atoms with Gasteiger partial charge in [0.25, 0.3) is 0 Å². The van der Waals surface area contributed by atoms with Crippen molar-refractivity contribution in [2.45, 2.75) is 25.3 Å². The molecular weight excluding hydrogens is 290 g/mol. The predicted octanol–water partition coefficient (Wildman–Crippen LogP) is 5.35. The summed E-state index contributed by atoms with van der Waals surface area (Å²) in [4.78, 5) is 0. The fourth-order valence-electron chi connectivity index (χ4n) is 3.98. The predicted molar refractivity (Wildman–Crippen MR) is 101 cm³/mol. The Hall–Kier alpha value is -2.38. The van der Waals surface area contributed by atoms with E-state index in [9.17, 15) is 0 Å². The average molecular weight is 313 g/mol. The van der Waals surface area contributed by atoms with Crippen LogP contribution in [-0.4, -0.2) is 6.54 Å². The highest BCUT2D eigenvalue weighted by Gasteiger charge is 2.43. The molecule has 1 heteroatoms. The number of fused-ring (bicyclic) bond motifs is 3. The maximum absolute atomic E-state index is 3.92. The number of unbranched alkanes of at least 4 members (excludes halogenated alkanes) is 1. The van der Waals surface area contributed by atoms with E-state index in [1.165, 1.54) is 40.7 Å². The second kappa shape index (κ2) is 6.26. The third-order valence-electron chi connectivity index (χ3n) is 5.08. The number of hydrogen-bond donors (Lipinski definition) is 1. The molecule has 0 radical (unpaired) electrons. The van der Waals surface area contributed by atoms with Crippen LogP contribution in [0.1, 0.15) is 36.5 Å². The van der Waals surface area contributed by atoms with Crippen molar-refractivity contribution in [3.63, 3.8) is 0 Å². The van der Waals surface area contributed by atoms with Crippen molar-refractivity contribution >= 4 is 0 Å². The summed E-state index contributed by atoms with van der Waals surface area (Å²) in [6.07, 6.45) is 2.38. The van der Waals surface area contributed by atoms with Crippen LogP contribution < -0.4 is 5.32 Å². The molecule has 120 valence electrons. The van der Waals surface area contributed by atoms with E-state index in [1.54, 1.807) is 0 Å². The van der Waals surface area contributed by atoms with Crippen LogP contribution in [0.15, 0.2) is 78.9 Å². The highest BCUT2D eigenvalue weighted by molar-refractivity contribution is 5.83. The first-order valence-electron chi connectivity index (χ1n) is 8.88. The molecule has 0 spiro atoms. The van der Waals surface area contributed by atoms with Crippen LogP contribution in [0.5, 0.6) is 0 Å². The number of benzene rings is 3. The lowest BCUT2D eigenvalue weighted by atomic mass is 9.80. The average Bonchev–Trinajstić information content (AvgIpc) is 2.94. The van der Waals surface area contributed by atoms with Gasteiger partial charge in [0, 0.05) is 0 Å². The van der Waals surface area contributed by atoms with E-state index in [2.05, 4.69) is 91.1 Å². The maximum Gasteiger partial charge on any atom is 0.0960 e. The quantitative estimate of drug-likeness (QED) is 0.626. The second-order valence-corrected chi connectivity index (χ2v) is 6.49. The van der Waals surface area contributed by atoms with Gasteiger partial charge in [-0.2, -0.15) is 0 Å². The lowest BCUT2D eigenvalue weighted by molar-refractivity contribution is 0.473. The molecule has 0 aromatic heterocycles. The second-order valence-electron chi connectivity index (χ2n) is 6.49. The van der Waals surface area contributed by atoms with Crippen molar-refractivity contribution in [1.82, 2.24) is 5.32 Å². The summed E-state index contributed by atoms with van der Waals surface area (Å²) in [6.45, 7) is 3.25. The SMILES string of the molecule is CCCCNC1(c2ccccc2)c2ccccc2-c2ccccc21. The van der Waals surface area contributed by atoms with Gasteiger partial charge < -0.3 is 0 Å². The van der Waals surface area contributed by atoms with Gasteiger partial charge in [-0.15, -0.1) is 0 Å². The normalized spacial score (nSPS) is 14.2. The molecule has 4 rings (SSSR count). The summed E-state index contributed by atoms with van der Waals surface area (Å²) in [5, 5.41) is 3.92. The van der Waals surface area contributed by atoms with Crippen molar-refractivity contribution in [2.75, 3.05) is 6.54 Å². The van der Waals surface area contributed by atoms with Crippen LogP contribution in [0, 0.1) is 0 Å². The highest BCUT2D eigenvalue weighted by atomic mass is 15.0. The van der Waals surface area contributed by atoms with Gasteiger partial charge in [-0.1, -0.05) is 92.2 Å². The Labute approximate surface area is 144 Å². The van der Waals surface area contributed by atoms with Crippen LogP contribution in [0.3, 0.4) is 0 Å². The lowest BCUT2D eigenvalue weighted by Gasteiger charge is -2.34. The number of nitrogens with one attached hydrogen (secondary N) is 1. The van der Waals surface area contributed by atoms with Crippen LogP contribution in [0.25, 0.3) is 11.1 Å². The van der Waals surface area contributed by atoms with Crippen LogP contribution in [0.4, 0.5) is 0 Å². The third-order valence-corrected chi connectivity index (χ3v) is 5.08. The zero-order valence-electron chi connectivity index (χ0n) is 14.1. The topological polar surface area (TPSA) is 12.0 Å². The van der Waals surface area contributed by atoms with Gasteiger partial charge in [0.1, 0.15) is 0 Å². The molecule has 0 aliphatic heterocycles. The molecule has 0 bridgehead atoms. The third kappa shape index (κ3) is 2.20. The smallest absolute Gasteiger partial charge is 0.0960 e. The first kappa shape index (κ1) is 15.2. The Kier molecular flexibility index (Phi) is 3.95. The van der Waals surface area contributed by atoms with E-state index in [1.807, 2.05) is 0 Å². The molecule has 0 atom stereocenters. The molecule has 1 N–H and O–H groups in total. The monoisotopic (exact) mass is 313 g/mol. The molecule has 0 unspecified atom stereocenters. The van der Waals surface area contributed by atoms with E-state index in [-0.39, 0.29) is 5.54 Å². The Morgan fingerprint density at radius 3 is 1.83 bits per heavy atom. The summed E-state index contributed by atoms with van der Waals surface area (Å²) in [5.74, 6) is 0. The molecule has 1 aliphatic carbocycles. The zero-order valence-corrected chi connectivity index (χ0v) is 14.1. The van der Waals surface area contributed by atoms with Gasteiger partial charge in [-0.05, 0) is 40.8 Å². The van der Waals surface area contributed by atoms with Gasteiger partial charge in [0.05, 0.1) is 5.54 Å². The van der Waals surface area contributed by atoms with E-state index in [4.69, 9.17) is 0 Å². The minimum Gasteiger partial charge on any atom is -0.300 e. The van der Waals surface area contributed by atoms with Gasteiger partial charge in [0.2, 0.25) is 0 Å². The molecule has 1 nitrogen and oxygen atoms in total. The molecule has 24 heavy (non-hydrogen) atoms. The minimum atomic E-state index is -0.246. The molecule has 0 saturated heterocycles. The van der Waals surface area contributed by atoms with Gasteiger partial charge in [-0.25, -0.2) is 0 Å². The van der Waals surface area contributed by atoms with Crippen LogP contribution in [-0.2, 0) is 5.54 Å². The summed E-state index contributed by atoms with van der Waals surface area (Å²) >= 11 is 0. The summed E-state index contributed by atoms with van der Waals surface area (Å²) < 4.78 is 0. The van der Waals surface area contributed by atoms with E-state index in [0.717, 1.165) is 6.54 Å². The van der Waals surface area contributed by atoms with Gasteiger partial charge in [-0.3, -0.25) is 5.32 Å². The summed E-state index contributed by atoms with van der Waals surface area (Å²) in [5.41, 5.74) is 6.51. The van der Waals surface area contributed by atoms with Crippen LogP contribution in [0.2, 0.25) is 0 Å². The van der Waals surface area contributed by atoms with Crippen molar-refractivity contribution in [2.24, 2.45) is 0 Å². The lowest BCUT2D eigenvalue weighted by Crippen LogP contribution is -2.43. The summed E-state index contributed by atoms with van der Waals surface area (Å²) in [7, 11) is 0. The molecule has 0 saturated carbocycles. The zero-order chi connectivity index (χ0) is 16.4. The largest absolute Gasteiger partial charge is 0.300 e. The molecule has 0 fully saturated rings. The van der Waals surface area contributed by atoms with E-state index in [0.29, 0.717) is 0 Å². The Morgan fingerprint density at radius 2 is 1.25 bits per heavy atom. The van der Waals surface area contributed by atoms with Crippen molar-refractivity contribution in [3.8, 4) is 11.1 Å². The van der Waals surface area contributed by atoms with Crippen molar-refractivity contribution in [3.05, 3.63) is 95.6 Å². The Balaban J connectivity index is 1.98. The Bertz CT molecular complexity index is 790. The maximum atomic E-state index is 3.92. The van der Waals surface area contributed by atoms with Crippen LogP contribution >= 0.6 is 0 Å². The standard InChI is InChI=1S/C23H23N/c1-2-3-17-24-23(18-11-5-4-6-12-18)21-15-9-7-13-19(21)20-14-8-10-16-22(20)23/h4-16,24H,2-3,17H2,1H3. The first-order valence-corrected chi connectivity index (χ1v) is 8.88. The summed E-state index contributed by atoms with van der Waals surface area (Å²) in [6, 6.07) is 28.5. The molecule has 1 aliphatic rings. The van der Waals surface area contributed by atoms with Crippen molar-refractivity contribution in [1.29, 1.82) is 0 Å². The molecule has 0 amide bonds. The molecule has 0 heterocycles. The van der Waals surface area contributed by atoms with Gasteiger partial charge in [0.15, 0.2) is 0 Å². The number of rotatable bonds is 5. The number of hydrogen-bond acceptors (Lipinski definition) is 1. The molecule has 3 aromatic carbocycles. The van der Waals surface area contributed by atoms with E-state index < -0.39 is 0 Å². The fraction of sp³-hybridized carbons (Fsp3) is 0.217. The first-order chi connectivity index (χ1) is 11.9. The molecule has 3 aromatic rings. The highest BCUT2D eigenvalue weighted by Crippen LogP contribution is 2.50. The molecular formula is C23H23N. The van der Waals surface area contributed by atoms with E-state index >= 15 is 0 Å². The fourth-order valence-corrected chi connectivity index (χ4v) is 3.98. The Morgan fingerprint density at radius 1 is 0.708 bits per heavy atom. The van der Waals surface area contributed by atoms with Gasteiger partial charge >= 0.3 is 0 Å². The minimum absolute atomic E-state index is 0.246. The van der Waals surface area contributed by atoms with Crippen molar-refractivity contribution < 1.29 is 0 Å².